The van der Waals surface area contributed by atoms with Gasteiger partial charge in [0.15, 0.2) is 0 Å². The maximum atomic E-state index is 12.6. The van der Waals surface area contributed by atoms with Crippen molar-refractivity contribution >= 4 is 11.5 Å². The molecule has 1 heterocycles. The van der Waals surface area contributed by atoms with Crippen LogP contribution in [-0.2, 0) is 15.1 Å². The number of esters is 1. The normalized spacial score (nSPS) is 16.5. The first-order valence-electron chi connectivity index (χ1n) is 7.95. The molecule has 1 aliphatic heterocycles. The van der Waals surface area contributed by atoms with Gasteiger partial charge in [-0.2, -0.15) is 0 Å². The molecule has 3 rings (SSSR count). The van der Waals surface area contributed by atoms with Crippen molar-refractivity contribution in [1.82, 2.24) is 5.32 Å². The van der Waals surface area contributed by atoms with Gasteiger partial charge in [0.1, 0.15) is 5.60 Å². The Morgan fingerprint density at radius 3 is 2.13 bits per heavy atom. The largest absolute Gasteiger partial charge is 0.450 e. The van der Waals surface area contributed by atoms with Crippen molar-refractivity contribution in [3.8, 4) is 0 Å². The second kappa shape index (κ2) is 6.80. The SMILES string of the molecule is C=C(C(=O)OC1(c2ccccc2)CCNCC1)c1ccccc1. The van der Waals surface area contributed by atoms with E-state index in [4.69, 9.17) is 4.74 Å². The zero-order chi connectivity index (χ0) is 16.1. The lowest BCUT2D eigenvalue weighted by Gasteiger charge is -2.37. The molecule has 2 aromatic rings. The third-order valence-electron chi connectivity index (χ3n) is 4.37. The van der Waals surface area contributed by atoms with Gasteiger partial charge in [-0.3, -0.25) is 0 Å². The molecule has 0 bridgehead atoms. The Balaban J connectivity index is 1.84. The van der Waals surface area contributed by atoms with Crippen molar-refractivity contribution < 1.29 is 9.53 Å². The Labute approximate surface area is 137 Å². The van der Waals surface area contributed by atoms with Crippen LogP contribution in [-0.4, -0.2) is 19.1 Å². The monoisotopic (exact) mass is 307 g/mol. The molecule has 0 spiro atoms. The van der Waals surface area contributed by atoms with Gasteiger partial charge in [-0.25, -0.2) is 4.79 Å². The predicted molar refractivity (Wildman–Crippen MR) is 91.8 cm³/mol. The quantitative estimate of drug-likeness (QED) is 0.694. The van der Waals surface area contributed by atoms with Gasteiger partial charge in [0.25, 0.3) is 0 Å². The molecule has 0 amide bonds. The number of rotatable bonds is 4. The summed E-state index contributed by atoms with van der Waals surface area (Å²) in [5.41, 5.74) is 1.69. The minimum atomic E-state index is -0.568. The Kier molecular flexibility index (Phi) is 4.58. The molecule has 23 heavy (non-hydrogen) atoms. The summed E-state index contributed by atoms with van der Waals surface area (Å²) in [6, 6.07) is 19.5. The summed E-state index contributed by atoms with van der Waals surface area (Å²) in [6.07, 6.45) is 1.54. The summed E-state index contributed by atoms with van der Waals surface area (Å²) in [5.74, 6) is -0.345. The molecule has 0 unspecified atom stereocenters. The maximum absolute atomic E-state index is 12.6. The molecule has 1 aliphatic rings. The van der Waals surface area contributed by atoms with Gasteiger partial charge in [0.05, 0.1) is 5.57 Å². The zero-order valence-corrected chi connectivity index (χ0v) is 13.1. The van der Waals surface area contributed by atoms with Gasteiger partial charge in [-0.05, 0) is 24.2 Å². The van der Waals surface area contributed by atoms with Crippen LogP contribution < -0.4 is 5.32 Å². The number of hydrogen-bond donors (Lipinski definition) is 1. The van der Waals surface area contributed by atoms with Crippen LogP contribution in [0.1, 0.15) is 24.0 Å². The Morgan fingerprint density at radius 2 is 1.52 bits per heavy atom. The van der Waals surface area contributed by atoms with Crippen molar-refractivity contribution in [3.63, 3.8) is 0 Å². The first-order chi connectivity index (χ1) is 11.2. The predicted octanol–water partition coefficient (Wildman–Crippen LogP) is 3.52. The van der Waals surface area contributed by atoms with Crippen molar-refractivity contribution in [1.29, 1.82) is 0 Å². The second-order valence-electron chi connectivity index (χ2n) is 5.84. The average Bonchev–Trinajstić information content (AvgIpc) is 2.63. The highest BCUT2D eigenvalue weighted by molar-refractivity contribution is 6.15. The second-order valence-corrected chi connectivity index (χ2v) is 5.84. The summed E-state index contributed by atoms with van der Waals surface area (Å²) >= 11 is 0. The van der Waals surface area contributed by atoms with Crippen LogP contribution in [0.5, 0.6) is 0 Å². The minimum absolute atomic E-state index is 0.345. The van der Waals surface area contributed by atoms with Crippen molar-refractivity contribution in [3.05, 3.63) is 78.4 Å². The molecule has 0 radical (unpaired) electrons. The molecule has 3 nitrogen and oxygen atoms in total. The van der Waals surface area contributed by atoms with Crippen LogP contribution >= 0.6 is 0 Å². The average molecular weight is 307 g/mol. The molecular weight excluding hydrogens is 286 g/mol. The van der Waals surface area contributed by atoms with E-state index in [2.05, 4.69) is 11.9 Å². The number of hydrogen-bond acceptors (Lipinski definition) is 3. The lowest BCUT2D eigenvalue weighted by Crippen LogP contribution is -2.43. The van der Waals surface area contributed by atoms with Crippen LogP contribution in [0.15, 0.2) is 67.2 Å². The zero-order valence-electron chi connectivity index (χ0n) is 13.1. The van der Waals surface area contributed by atoms with Crippen LogP contribution in [0, 0.1) is 0 Å². The van der Waals surface area contributed by atoms with Gasteiger partial charge >= 0.3 is 5.97 Å². The highest BCUT2D eigenvalue weighted by Gasteiger charge is 2.38. The van der Waals surface area contributed by atoms with E-state index >= 15 is 0 Å². The molecule has 118 valence electrons. The van der Waals surface area contributed by atoms with Crippen molar-refractivity contribution in [2.75, 3.05) is 13.1 Å². The highest BCUT2D eigenvalue weighted by Crippen LogP contribution is 2.36. The van der Waals surface area contributed by atoms with Gasteiger partial charge in [-0.1, -0.05) is 67.2 Å². The third kappa shape index (κ3) is 3.35. The van der Waals surface area contributed by atoms with Crippen LogP contribution in [0.25, 0.3) is 5.57 Å². The lowest BCUT2D eigenvalue weighted by molar-refractivity contribution is -0.156. The van der Waals surface area contributed by atoms with Gasteiger partial charge < -0.3 is 10.1 Å². The molecule has 0 atom stereocenters. The molecule has 3 heteroatoms. The lowest BCUT2D eigenvalue weighted by atomic mass is 9.84. The van der Waals surface area contributed by atoms with Crippen LogP contribution in [0.4, 0.5) is 0 Å². The fraction of sp³-hybridized carbons (Fsp3) is 0.250. The molecule has 2 aromatic carbocycles. The highest BCUT2D eigenvalue weighted by atomic mass is 16.6. The minimum Gasteiger partial charge on any atom is -0.450 e. The number of ether oxygens (including phenoxy) is 1. The van der Waals surface area contributed by atoms with Crippen LogP contribution in [0.3, 0.4) is 0 Å². The van der Waals surface area contributed by atoms with Crippen LogP contribution in [0.2, 0.25) is 0 Å². The Bertz CT molecular complexity index is 673. The van der Waals surface area contributed by atoms with E-state index in [0.29, 0.717) is 5.57 Å². The third-order valence-corrected chi connectivity index (χ3v) is 4.37. The molecule has 0 saturated carbocycles. The first kappa shape index (κ1) is 15.5. The summed E-state index contributed by atoms with van der Waals surface area (Å²) < 4.78 is 6.00. The molecule has 1 N–H and O–H groups in total. The smallest absolute Gasteiger partial charge is 0.339 e. The Hall–Kier alpha value is -2.39. The molecule has 1 fully saturated rings. The topological polar surface area (TPSA) is 38.3 Å². The number of benzene rings is 2. The number of carbonyl (C=O) groups is 1. The van der Waals surface area contributed by atoms with E-state index < -0.39 is 5.60 Å². The van der Waals surface area contributed by atoms with E-state index in [1.807, 2.05) is 60.7 Å². The van der Waals surface area contributed by atoms with E-state index in [1.165, 1.54) is 0 Å². The first-order valence-corrected chi connectivity index (χ1v) is 7.95. The van der Waals surface area contributed by atoms with E-state index in [-0.39, 0.29) is 5.97 Å². The summed E-state index contributed by atoms with van der Waals surface area (Å²) in [7, 11) is 0. The summed E-state index contributed by atoms with van der Waals surface area (Å²) in [4.78, 5) is 12.6. The molecule has 0 aliphatic carbocycles. The molecular formula is C20H21NO2. The standard InChI is InChI=1S/C20H21NO2/c1-16(17-8-4-2-5-9-17)19(22)23-20(12-14-21-15-13-20)18-10-6-3-7-11-18/h2-11,21H,1,12-15H2. The molecule has 1 saturated heterocycles. The van der Waals surface area contributed by atoms with Crippen molar-refractivity contribution in [2.24, 2.45) is 0 Å². The molecule has 0 aromatic heterocycles. The number of piperidine rings is 1. The number of carbonyl (C=O) groups excluding carboxylic acids is 1. The van der Waals surface area contributed by atoms with Gasteiger partial charge in [0.2, 0.25) is 0 Å². The summed E-state index contributed by atoms with van der Waals surface area (Å²) in [5, 5.41) is 3.33. The van der Waals surface area contributed by atoms with Gasteiger partial charge in [0, 0.05) is 12.8 Å². The Morgan fingerprint density at radius 1 is 0.957 bits per heavy atom. The van der Waals surface area contributed by atoms with E-state index in [9.17, 15) is 4.79 Å². The summed E-state index contributed by atoms with van der Waals surface area (Å²) in [6.45, 7) is 5.59. The fourth-order valence-electron chi connectivity index (χ4n) is 3.02. The fourth-order valence-corrected chi connectivity index (χ4v) is 3.02. The maximum Gasteiger partial charge on any atom is 0.339 e. The number of nitrogens with one attached hydrogen (secondary N) is 1. The van der Waals surface area contributed by atoms with E-state index in [1.54, 1.807) is 0 Å². The van der Waals surface area contributed by atoms with Gasteiger partial charge in [-0.15, -0.1) is 0 Å². The van der Waals surface area contributed by atoms with Crippen molar-refractivity contribution in [2.45, 2.75) is 18.4 Å². The van der Waals surface area contributed by atoms with E-state index in [0.717, 1.165) is 37.1 Å².